The van der Waals surface area contributed by atoms with Gasteiger partial charge in [-0.1, -0.05) is 0 Å². The van der Waals surface area contributed by atoms with Crippen LogP contribution in [0.25, 0.3) is 0 Å². The zero-order valence-corrected chi connectivity index (χ0v) is 11.7. The lowest BCUT2D eigenvalue weighted by Crippen LogP contribution is -2.35. The number of aliphatic hydroxyl groups is 1. The molecule has 0 saturated heterocycles. The Morgan fingerprint density at radius 2 is 2.00 bits per heavy atom. The molecule has 0 saturated carbocycles. The SMILES string of the molecule is Cc1cc([N+](=O)[O-])cc(S(=O)(=O)NC(C)CO)c1C. The summed E-state index contributed by atoms with van der Waals surface area (Å²) in [6.45, 7) is 4.33. The van der Waals surface area contributed by atoms with Gasteiger partial charge in [0.15, 0.2) is 0 Å². The second kappa shape index (κ2) is 5.64. The highest BCUT2D eigenvalue weighted by molar-refractivity contribution is 7.89. The Hall–Kier alpha value is -1.51. The maximum Gasteiger partial charge on any atom is 0.271 e. The molecule has 8 heteroatoms. The fourth-order valence-corrected chi connectivity index (χ4v) is 3.13. The predicted molar refractivity (Wildman–Crippen MR) is 69.4 cm³/mol. The number of aryl methyl sites for hydroxylation is 1. The van der Waals surface area contributed by atoms with Gasteiger partial charge >= 0.3 is 0 Å². The van der Waals surface area contributed by atoms with Crippen LogP contribution in [0.5, 0.6) is 0 Å². The molecule has 0 bridgehead atoms. The molecule has 0 fully saturated rings. The quantitative estimate of drug-likeness (QED) is 0.617. The monoisotopic (exact) mass is 288 g/mol. The second-order valence-electron chi connectivity index (χ2n) is 4.35. The average Bonchev–Trinajstić information content (AvgIpc) is 2.31. The van der Waals surface area contributed by atoms with Crippen LogP contribution in [0.3, 0.4) is 0 Å². The van der Waals surface area contributed by atoms with Crippen molar-refractivity contribution in [3.63, 3.8) is 0 Å². The van der Waals surface area contributed by atoms with Crippen molar-refractivity contribution >= 4 is 15.7 Å². The van der Waals surface area contributed by atoms with E-state index in [1.165, 1.54) is 13.0 Å². The summed E-state index contributed by atoms with van der Waals surface area (Å²) in [5.41, 5.74) is 0.689. The van der Waals surface area contributed by atoms with E-state index in [0.717, 1.165) is 6.07 Å². The lowest BCUT2D eigenvalue weighted by Gasteiger charge is -2.14. The van der Waals surface area contributed by atoms with Crippen LogP contribution in [0.15, 0.2) is 17.0 Å². The van der Waals surface area contributed by atoms with Gasteiger partial charge in [0.05, 0.1) is 16.4 Å². The standard InChI is InChI=1S/C11H16N2O5S/c1-7-4-10(13(15)16)5-11(9(7)3)19(17,18)12-8(2)6-14/h4-5,8,12,14H,6H2,1-3H3. The first-order valence-electron chi connectivity index (χ1n) is 5.58. The van der Waals surface area contributed by atoms with Gasteiger partial charge < -0.3 is 5.11 Å². The fraction of sp³-hybridized carbons (Fsp3) is 0.455. The van der Waals surface area contributed by atoms with E-state index in [9.17, 15) is 18.5 Å². The summed E-state index contributed by atoms with van der Waals surface area (Å²) in [4.78, 5) is 10.00. The van der Waals surface area contributed by atoms with Gasteiger partial charge in [-0.3, -0.25) is 10.1 Å². The van der Waals surface area contributed by atoms with Crippen molar-refractivity contribution < 1.29 is 18.4 Å². The van der Waals surface area contributed by atoms with Crippen LogP contribution in [0.2, 0.25) is 0 Å². The van der Waals surface area contributed by atoms with Crippen LogP contribution in [0.1, 0.15) is 18.1 Å². The average molecular weight is 288 g/mol. The number of hydrogen-bond acceptors (Lipinski definition) is 5. The van der Waals surface area contributed by atoms with Crippen molar-refractivity contribution in [2.24, 2.45) is 0 Å². The number of nitro benzene ring substituents is 1. The Morgan fingerprint density at radius 1 is 1.42 bits per heavy atom. The topological polar surface area (TPSA) is 110 Å². The molecule has 0 aliphatic heterocycles. The summed E-state index contributed by atoms with van der Waals surface area (Å²) in [6.07, 6.45) is 0. The molecule has 0 aliphatic rings. The van der Waals surface area contributed by atoms with Crippen LogP contribution in [-0.4, -0.2) is 31.1 Å². The lowest BCUT2D eigenvalue weighted by atomic mass is 10.1. The van der Waals surface area contributed by atoms with E-state index < -0.39 is 21.0 Å². The molecule has 2 N–H and O–H groups in total. The minimum Gasteiger partial charge on any atom is -0.395 e. The Bertz CT molecular complexity index is 597. The number of nitrogens with zero attached hydrogens (tertiary/aromatic N) is 1. The number of hydrogen-bond donors (Lipinski definition) is 2. The molecule has 0 aliphatic carbocycles. The van der Waals surface area contributed by atoms with Gasteiger partial charge in [0.25, 0.3) is 5.69 Å². The Kier molecular flexibility index (Phi) is 4.61. The highest BCUT2D eigenvalue weighted by atomic mass is 32.2. The number of aliphatic hydroxyl groups excluding tert-OH is 1. The molecule has 0 spiro atoms. The van der Waals surface area contributed by atoms with Gasteiger partial charge in [0.2, 0.25) is 10.0 Å². The van der Waals surface area contributed by atoms with E-state index in [1.54, 1.807) is 13.8 Å². The van der Waals surface area contributed by atoms with Gasteiger partial charge in [-0.15, -0.1) is 0 Å². The van der Waals surface area contributed by atoms with Crippen LogP contribution < -0.4 is 4.72 Å². The number of rotatable bonds is 5. The third-order valence-corrected chi connectivity index (χ3v) is 4.45. The zero-order valence-electron chi connectivity index (χ0n) is 10.9. The second-order valence-corrected chi connectivity index (χ2v) is 6.03. The van der Waals surface area contributed by atoms with E-state index in [2.05, 4.69) is 4.72 Å². The van der Waals surface area contributed by atoms with Crippen LogP contribution in [-0.2, 0) is 10.0 Å². The van der Waals surface area contributed by atoms with Crippen LogP contribution in [0.4, 0.5) is 5.69 Å². The molecule has 1 unspecified atom stereocenters. The summed E-state index contributed by atoms with van der Waals surface area (Å²) in [7, 11) is -3.90. The predicted octanol–water partition coefficient (Wildman–Crippen LogP) is 0.871. The number of sulfonamides is 1. The van der Waals surface area contributed by atoms with Crippen molar-refractivity contribution in [1.82, 2.24) is 4.72 Å². The van der Waals surface area contributed by atoms with E-state index in [0.29, 0.717) is 11.1 Å². The van der Waals surface area contributed by atoms with Gasteiger partial charge in [-0.25, -0.2) is 13.1 Å². The normalized spacial score (nSPS) is 13.3. The Balaban J connectivity index is 3.37. The Morgan fingerprint density at radius 3 is 2.47 bits per heavy atom. The summed E-state index contributed by atoms with van der Waals surface area (Å²) in [6, 6.07) is 1.68. The molecule has 0 radical (unpaired) electrons. The van der Waals surface area contributed by atoms with E-state index in [1.807, 2.05) is 0 Å². The van der Waals surface area contributed by atoms with Crippen molar-refractivity contribution in [1.29, 1.82) is 0 Å². The first kappa shape index (κ1) is 15.5. The fourth-order valence-electron chi connectivity index (χ4n) is 1.56. The molecular weight excluding hydrogens is 272 g/mol. The lowest BCUT2D eigenvalue weighted by molar-refractivity contribution is -0.385. The first-order valence-corrected chi connectivity index (χ1v) is 7.06. The molecule has 1 aromatic rings. The van der Waals surface area contributed by atoms with Crippen LogP contribution >= 0.6 is 0 Å². The van der Waals surface area contributed by atoms with Crippen molar-refractivity contribution in [2.45, 2.75) is 31.7 Å². The highest BCUT2D eigenvalue weighted by Gasteiger charge is 2.23. The van der Waals surface area contributed by atoms with Gasteiger partial charge in [-0.05, 0) is 31.9 Å². The smallest absolute Gasteiger partial charge is 0.271 e. The molecule has 7 nitrogen and oxygen atoms in total. The van der Waals surface area contributed by atoms with E-state index in [4.69, 9.17) is 5.11 Å². The molecule has 0 aromatic heterocycles. The van der Waals surface area contributed by atoms with Crippen molar-refractivity contribution in [3.8, 4) is 0 Å². The number of nitro groups is 1. The number of nitrogens with one attached hydrogen (secondary N) is 1. The molecule has 1 aromatic carbocycles. The summed E-state index contributed by atoms with van der Waals surface area (Å²) in [5, 5.41) is 19.6. The highest BCUT2D eigenvalue weighted by Crippen LogP contribution is 2.25. The zero-order chi connectivity index (χ0) is 14.8. The largest absolute Gasteiger partial charge is 0.395 e. The summed E-state index contributed by atoms with van der Waals surface area (Å²) < 4.78 is 26.5. The Labute approximate surface area is 111 Å². The summed E-state index contributed by atoms with van der Waals surface area (Å²) >= 11 is 0. The number of benzene rings is 1. The van der Waals surface area contributed by atoms with Crippen molar-refractivity contribution in [2.75, 3.05) is 6.61 Å². The van der Waals surface area contributed by atoms with Gasteiger partial charge in [-0.2, -0.15) is 0 Å². The maximum absolute atomic E-state index is 12.1. The molecule has 1 rings (SSSR count). The van der Waals surface area contributed by atoms with Crippen LogP contribution in [0, 0.1) is 24.0 Å². The molecule has 19 heavy (non-hydrogen) atoms. The molecule has 1 atom stereocenters. The van der Waals surface area contributed by atoms with E-state index in [-0.39, 0.29) is 17.2 Å². The maximum atomic E-state index is 12.1. The summed E-state index contributed by atoms with van der Waals surface area (Å²) in [5.74, 6) is 0. The van der Waals surface area contributed by atoms with Gasteiger partial charge in [0.1, 0.15) is 0 Å². The van der Waals surface area contributed by atoms with E-state index >= 15 is 0 Å². The minimum atomic E-state index is -3.90. The third-order valence-electron chi connectivity index (χ3n) is 2.74. The molecule has 106 valence electrons. The van der Waals surface area contributed by atoms with Gasteiger partial charge in [0, 0.05) is 18.2 Å². The molecular formula is C11H16N2O5S. The minimum absolute atomic E-state index is 0.139. The van der Waals surface area contributed by atoms with Crippen molar-refractivity contribution in [3.05, 3.63) is 33.4 Å². The third kappa shape index (κ3) is 3.49. The first-order chi connectivity index (χ1) is 8.69. The molecule has 0 heterocycles. The number of non-ortho nitro benzene ring substituents is 1. The molecule has 0 amide bonds.